The van der Waals surface area contributed by atoms with Crippen LogP contribution in [0.25, 0.3) is 106 Å². The summed E-state index contributed by atoms with van der Waals surface area (Å²) in [6, 6.07) is 67.4. The molecule has 0 saturated heterocycles. The summed E-state index contributed by atoms with van der Waals surface area (Å²) in [5.74, 6) is 1.86. The average molecular weight is 717 g/mol. The van der Waals surface area contributed by atoms with Gasteiger partial charge in [-0.05, 0) is 53.1 Å². The van der Waals surface area contributed by atoms with E-state index in [0.29, 0.717) is 17.5 Å². The number of furan rings is 1. The van der Waals surface area contributed by atoms with E-state index in [9.17, 15) is 0 Å². The number of hydrogen-bond donors (Lipinski definition) is 0. The van der Waals surface area contributed by atoms with Gasteiger partial charge >= 0.3 is 0 Å². The molecule has 0 N–H and O–H groups in total. The third kappa shape index (κ3) is 5.37. The van der Waals surface area contributed by atoms with Gasteiger partial charge in [0.2, 0.25) is 0 Å². The number of para-hydroxylation sites is 3. The zero-order chi connectivity index (χ0) is 37.0. The molecule has 0 atom stereocenters. The lowest BCUT2D eigenvalue weighted by atomic mass is 10.0. The van der Waals surface area contributed by atoms with E-state index in [-0.39, 0.29) is 0 Å². The van der Waals surface area contributed by atoms with Crippen LogP contribution in [0.3, 0.4) is 0 Å². The van der Waals surface area contributed by atoms with Crippen LogP contribution in [0.5, 0.6) is 0 Å². The first kappa shape index (κ1) is 31.9. The summed E-state index contributed by atoms with van der Waals surface area (Å²) in [6.45, 7) is 0. The number of fused-ring (bicyclic) bond motifs is 6. The lowest BCUT2D eigenvalue weighted by Crippen LogP contribution is -2.01. The van der Waals surface area contributed by atoms with Crippen LogP contribution >= 0.6 is 0 Å². The molecule has 0 aliphatic rings. The van der Waals surface area contributed by atoms with Crippen LogP contribution in [-0.2, 0) is 0 Å². The molecule has 0 fully saturated rings. The monoisotopic (exact) mass is 716 g/mol. The molecule has 3 heterocycles. The summed E-state index contributed by atoms with van der Waals surface area (Å²) < 4.78 is 8.82. The van der Waals surface area contributed by atoms with Crippen LogP contribution in [0.1, 0.15) is 0 Å². The van der Waals surface area contributed by atoms with Crippen molar-refractivity contribution in [2.45, 2.75) is 0 Å². The molecule has 5 heteroatoms. The number of nitrogens with zero attached hydrogens (tertiary/aromatic N) is 4. The summed E-state index contributed by atoms with van der Waals surface area (Å²) in [5.41, 5.74) is 12.2. The van der Waals surface area contributed by atoms with Gasteiger partial charge in [0.05, 0.1) is 11.0 Å². The third-order valence-corrected chi connectivity index (χ3v) is 10.6. The quantitative estimate of drug-likeness (QED) is 0.172. The van der Waals surface area contributed by atoms with Crippen LogP contribution in [0.4, 0.5) is 0 Å². The maximum absolute atomic E-state index is 6.47. The second-order valence-corrected chi connectivity index (χ2v) is 14.0. The van der Waals surface area contributed by atoms with E-state index in [1.807, 2.05) is 48.5 Å². The first-order valence-electron chi connectivity index (χ1n) is 18.8. The van der Waals surface area contributed by atoms with Gasteiger partial charge < -0.3 is 8.98 Å². The third-order valence-electron chi connectivity index (χ3n) is 10.6. The fourth-order valence-corrected chi connectivity index (χ4v) is 7.99. The summed E-state index contributed by atoms with van der Waals surface area (Å²) in [4.78, 5) is 15.3. The Kier molecular flexibility index (Phi) is 7.42. The molecule has 5 nitrogen and oxygen atoms in total. The fraction of sp³-hybridized carbons (Fsp3) is 0. The van der Waals surface area contributed by atoms with Gasteiger partial charge in [-0.15, -0.1) is 0 Å². The van der Waals surface area contributed by atoms with E-state index in [1.54, 1.807) is 0 Å². The number of hydrogen-bond acceptors (Lipinski definition) is 4. The van der Waals surface area contributed by atoms with Gasteiger partial charge in [-0.3, -0.25) is 0 Å². The van der Waals surface area contributed by atoms with Crippen molar-refractivity contribution in [1.82, 2.24) is 19.5 Å². The summed E-state index contributed by atoms with van der Waals surface area (Å²) in [5, 5.41) is 4.61. The van der Waals surface area contributed by atoms with Gasteiger partial charge in [-0.25, -0.2) is 15.0 Å². The van der Waals surface area contributed by atoms with Gasteiger partial charge in [-0.1, -0.05) is 158 Å². The Bertz CT molecular complexity index is 3250. The van der Waals surface area contributed by atoms with Crippen LogP contribution in [-0.4, -0.2) is 19.5 Å². The summed E-state index contributed by atoms with van der Waals surface area (Å²) in [6.07, 6.45) is 0. The molecule has 0 amide bonds. The van der Waals surface area contributed by atoms with Crippen LogP contribution in [0.2, 0.25) is 0 Å². The molecule has 56 heavy (non-hydrogen) atoms. The van der Waals surface area contributed by atoms with E-state index >= 15 is 0 Å². The molecule has 0 bridgehead atoms. The highest BCUT2D eigenvalue weighted by Crippen LogP contribution is 2.40. The molecule has 262 valence electrons. The predicted molar refractivity (Wildman–Crippen MR) is 229 cm³/mol. The lowest BCUT2D eigenvalue weighted by molar-refractivity contribution is 0.670. The molecule has 0 aliphatic heterocycles. The van der Waals surface area contributed by atoms with E-state index < -0.39 is 0 Å². The highest BCUT2D eigenvalue weighted by atomic mass is 16.3. The maximum atomic E-state index is 6.47. The smallest absolute Gasteiger partial charge is 0.164 e. The number of benzene rings is 8. The Balaban J connectivity index is 1.08. The summed E-state index contributed by atoms with van der Waals surface area (Å²) in [7, 11) is 0. The van der Waals surface area contributed by atoms with Crippen molar-refractivity contribution in [2.75, 3.05) is 0 Å². The molecule has 3 aromatic heterocycles. The van der Waals surface area contributed by atoms with Crippen molar-refractivity contribution < 1.29 is 4.42 Å². The molecular formula is C51H32N4O. The van der Waals surface area contributed by atoms with Crippen LogP contribution < -0.4 is 0 Å². The van der Waals surface area contributed by atoms with Crippen LogP contribution in [0, 0.1) is 0 Å². The van der Waals surface area contributed by atoms with Crippen molar-refractivity contribution >= 4 is 43.7 Å². The molecule has 0 unspecified atom stereocenters. The Morgan fingerprint density at radius 1 is 0.339 bits per heavy atom. The van der Waals surface area contributed by atoms with Gasteiger partial charge in [0.15, 0.2) is 17.5 Å². The molecule has 11 rings (SSSR count). The predicted octanol–water partition coefficient (Wildman–Crippen LogP) is 13.2. The molecule has 0 spiro atoms. The van der Waals surface area contributed by atoms with Crippen molar-refractivity contribution in [2.24, 2.45) is 0 Å². The van der Waals surface area contributed by atoms with E-state index in [2.05, 4.69) is 150 Å². The minimum absolute atomic E-state index is 0.610. The van der Waals surface area contributed by atoms with Crippen LogP contribution in [0.15, 0.2) is 199 Å². The normalized spacial score (nSPS) is 11.6. The van der Waals surface area contributed by atoms with Crippen molar-refractivity contribution in [1.29, 1.82) is 0 Å². The average Bonchev–Trinajstić information content (AvgIpc) is 3.83. The number of aromatic nitrogens is 4. The fourth-order valence-electron chi connectivity index (χ4n) is 7.99. The topological polar surface area (TPSA) is 56.7 Å². The van der Waals surface area contributed by atoms with E-state index in [1.165, 1.54) is 10.8 Å². The Morgan fingerprint density at radius 3 is 1.71 bits per heavy atom. The van der Waals surface area contributed by atoms with Crippen molar-refractivity contribution in [3.8, 4) is 62.1 Å². The maximum Gasteiger partial charge on any atom is 0.164 e. The first-order chi connectivity index (χ1) is 27.7. The minimum Gasteiger partial charge on any atom is -0.455 e. The molecule has 8 aromatic carbocycles. The molecule has 0 aliphatic carbocycles. The Hall–Kier alpha value is -7.63. The van der Waals surface area contributed by atoms with Gasteiger partial charge in [-0.2, -0.15) is 0 Å². The van der Waals surface area contributed by atoms with Gasteiger partial charge in [0.1, 0.15) is 11.2 Å². The second-order valence-electron chi connectivity index (χ2n) is 14.0. The lowest BCUT2D eigenvalue weighted by Gasteiger charge is -2.12. The highest BCUT2D eigenvalue weighted by Gasteiger charge is 2.18. The molecule has 11 aromatic rings. The van der Waals surface area contributed by atoms with E-state index in [4.69, 9.17) is 19.4 Å². The van der Waals surface area contributed by atoms with E-state index in [0.717, 1.165) is 77.6 Å². The van der Waals surface area contributed by atoms with Gasteiger partial charge in [0.25, 0.3) is 0 Å². The Morgan fingerprint density at radius 2 is 0.911 bits per heavy atom. The molecule has 0 radical (unpaired) electrons. The highest BCUT2D eigenvalue weighted by molar-refractivity contribution is 6.13. The van der Waals surface area contributed by atoms with Crippen molar-refractivity contribution in [3.63, 3.8) is 0 Å². The Labute approximate surface area is 322 Å². The first-order valence-corrected chi connectivity index (χ1v) is 18.8. The second kappa shape index (κ2) is 13.0. The van der Waals surface area contributed by atoms with Crippen molar-refractivity contribution in [3.05, 3.63) is 194 Å². The zero-order valence-corrected chi connectivity index (χ0v) is 30.2. The van der Waals surface area contributed by atoms with Gasteiger partial charge in [0, 0.05) is 49.5 Å². The SMILES string of the molecule is c1ccc(-c2cccc(-c3nc(-c4ccccc4)nc(-c4cccc(-n5c6ccccc6c6ccc(-c7cccc8c7oc7ccccc78)cc65)c4)n3)c2)cc1. The number of rotatable bonds is 6. The molecule has 0 saturated carbocycles. The summed E-state index contributed by atoms with van der Waals surface area (Å²) >= 11 is 0. The standard InChI is InChI=1S/C51H32N4O/c1-3-14-33(15-4-1)35-18-11-19-37(30-35)50-52-49(34-16-5-2-6-17-34)53-51(54-50)38-20-12-21-39(31-38)55-45-26-9-7-22-41(45)42-29-28-36(32-46(42)55)40-24-13-25-44-43-23-8-10-27-47(43)56-48(40)44/h1-32H. The minimum atomic E-state index is 0.610. The zero-order valence-electron chi connectivity index (χ0n) is 30.2. The molecular weight excluding hydrogens is 685 g/mol. The largest absolute Gasteiger partial charge is 0.455 e.